The molecule has 0 bridgehead atoms. The third-order valence-corrected chi connectivity index (χ3v) is 5.29. The number of methoxy groups -OCH3 is 2. The SMILES string of the molecule is COC1=C(OC)C(=O)C(Cc2cccc(C(=O)N3CCCCC3)c2)=C(C)C1=O. The van der Waals surface area contributed by atoms with Crippen molar-refractivity contribution in [1.29, 1.82) is 0 Å². The van der Waals surface area contributed by atoms with Crippen LogP contribution >= 0.6 is 0 Å². The number of likely N-dealkylation sites (tertiary alicyclic amines) is 1. The lowest BCUT2D eigenvalue weighted by atomic mass is 9.88. The highest BCUT2D eigenvalue weighted by atomic mass is 16.5. The summed E-state index contributed by atoms with van der Waals surface area (Å²) >= 11 is 0. The second kappa shape index (κ2) is 8.42. The molecule has 148 valence electrons. The summed E-state index contributed by atoms with van der Waals surface area (Å²) in [5.74, 6) is -0.840. The summed E-state index contributed by atoms with van der Waals surface area (Å²) in [6.07, 6.45) is 3.47. The molecule has 1 aromatic carbocycles. The van der Waals surface area contributed by atoms with Crippen LogP contribution in [0.4, 0.5) is 0 Å². The van der Waals surface area contributed by atoms with Crippen LogP contribution in [0.1, 0.15) is 42.1 Å². The van der Waals surface area contributed by atoms with Crippen molar-refractivity contribution in [3.63, 3.8) is 0 Å². The molecule has 1 saturated heterocycles. The Morgan fingerprint density at radius 3 is 2.29 bits per heavy atom. The minimum absolute atomic E-state index is 0.0115. The Labute approximate surface area is 164 Å². The number of carbonyl (C=O) groups is 3. The van der Waals surface area contributed by atoms with E-state index in [1.165, 1.54) is 14.2 Å². The number of benzene rings is 1. The summed E-state index contributed by atoms with van der Waals surface area (Å²) in [6, 6.07) is 7.26. The lowest BCUT2D eigenvalue weighted by Gasteiger charge is -2.27. The van der Waals surface area contributed by atoms with Gasteiger partial charge in [0.25, 0.3) is 5.91 Å². The molecule has 1 aromatic rings. The standard InChI is InChI=1S/C22H25NO5/c1-14-17(19(25)21(28-3)20(27-2)18(14)24)13-15-8-7-9-16(12-15)22(26)23-10-5-4-6-11-23/h7-9,12H,4-6,10-11,13H2,1-3H3. The van der Waals surface area contributed by atoms with Gasteiger partial charge in [0.2, 0.25) is 23.1 Å². The second-order valence-electron chi connectivity index (χ2n) is 7.06. The van der Waals surface area contributed by atoms with Gasteiger partial charge < -0.3 is 14.4 Å². The molecule has 3 rings (SSSR count). The fourth-order valence-electron chi connectivity index (χ4n) is 3.70. The van der Waals surface area contributed by atoms with E-state index in [1.54, 1.807) is 19.1 Å². The first-order valence-corrected chi connectivity index (χ1v) is 9.47. The van der Waals surface area contributed by atoms with Gasteiger partial charge in [0.1, 0.15) is 0 Å². The quantitative estimate of drug-likeness (QED) is 0.731. The zero-order valence-electron chi connectivity index (χ0n) is 16.5. The highest BCUT2D eigenvalue weighted by molar-refractivity contribution is 6.23. The molecule has 28 heavy (non-hydrogen) atoms. The first-order valence-electron chi connectivity index (χ1n) is 9.47. The molecule has 1 amide bonds. The molecule has 0 atom stereocenters. The van der Waals surface area contributed by atoms with Crippen molar-refractivity contribution in [3.05, 3.63) is 58.1 Å². The monoisotopic (exact) mass is 383 g/mol. The van der Waals surface area contributed by atoms with Crippen molar-refractivity contribution in [1.82, 2.24) is 4.90 Å². The molecule has 0 saturated carbocycles. The van der Waals surface area contributed by atoms with Crippen LogP contribution in [0.5, 0.6) is 0 Å². The van der Waals surface area contributed by atoms with Gasteiger partial charge in [-0.3, -0.25) is 14.4 Å². The van der Waals surface area contributed by atoms with Crippen molar-refractivity contribution in [2.75, 3.05) is 27.3 Å². The van der Waals surface area contributed by atoms with Crippen molar-refractivity contribution in [3.8, 4) is 0 Å². The van der Waals surface area contributed by atoms with E-state index in [4.69, 9.17) is 9.47 Å². The topological polar surface area (TPSA) is 72.9 Å². The number of Topliss-reactive ketones (excluding diaryl/α,β-unsaturated/α-hetero) is 2. The summed E-state index contributed by atoms with van der Waals surface area (Å²) in [7, 11) is 2.68. The van der Waals surface area contributed by atoms with Crippen LogP contribution in [-0.4, -0.2) is 49.7 Å². The van der Waals surface area contributed by atoms with Crippen LogP contribution in [0.3, 0.4) is 0 Å². The van der Waals surface area contributed by atoms with Gasteiger partial charge in [-0.25, -0.2) is 0 Å². The molecule has 6 heteroatoms. The summed E-state index contributed by atoms with van der Waals surface area (Å²) in [5, 5.41) is 0. The lowest BCUT2D eigenvalue weighted by Crippen LogP contribution is -2.35. The Morgan fingerprint density at radius 2 is 1.64 bits per heavy atom. The van der Waals surface area contributed by atoms with Gasteiger partial charge >= 0.3 is 0 Å². The largest absolute Gasteiger partial charge is 0.489 e. The molecule has 1 fully saturated rings. The maximum atomic E-state index is 12.8. The predicted molar refractivity (Wildman–Crippen MR) is 104 cm³/mol. The molecule has 2 aliphatic rings. The number of ketones is 2. The number of carbonyl (C=O) groups excluding carboxylic acids is 3. The maximum absolute atomic E-state index is 12.8. The smallest absolute Gasteiger partial charge is 0.253 e. The van der Waals surface area contributed by atoms with Crippen molar-refractivity contribution < 1.29 is 23.9 Å². The zero-order valence-corrected chi connectivity index (χ0v) is 16.5. The summed E-state index contributed by atoms with van der Waals surface area (Å²) < 4.78 is 10.2. The van der Waals surface area contributed by atoms with Crippen LogP contribution in [0.25, 0.3) is 0 Å². The normalized spacial score (nSPS) is 17.9. The van der Waals surface area contributed by atoms with Crippen LogP contribution in [0.2, 0.25) is 0 Å². The van der Waals surface area contributed by atoms with Crippen LogP contribution in [0, 0.1) is 0 Å². The maximum Gasteiger partial charge on any atom is 0.253 e. The summed E-state index contributed by atoms with van der Waals surface area (Å²) in [6.45, 7) is 3.17. The number of piperidine rings is 1. The van der Waals surface area contributed by atoms with E-state index in [0.717, 1.165) is 37.9 Å². The first kappa shape index (κ1) is 19.9. The van der Waals surface area contributed by atoms with Crippen molar-refractivity contribution >= 4 is 17.5 Å². The molecular formula is C22H25NO5. The number of hydrogen-bond acceptors (Lipinski definition) is 5. The summed E-state index contributed by atoms with van der Waals surface area (Å²) in [4.78, 5) is 40.0. The van der Waals surface area contributed by atoms with Crippen LogP contribution in [-0.2, 0) is 25.5 Å². The number of ether oxygens (including phenoxy) is 2. The number of nitrogens with zero attached hydrogens (tertiary/aromatic N) is 1. The molecule has 1 aliphatic carbocycles. The first-order chi connectivity index (χ1) is 13.5. The van der Waals surface area contributed by atoms with Gasteiger partial charge in [-0.05, 0) is 43.9 Å². The predicted octanol–water partition coefficient (Wildman–Crippen LogP) is 2.83. The van der Waals surface area contributed by atoms with Gasteiger partial charge in [0, 0.05) is 36.2 Å². The van der Waals surface area contributed by atoms with Crippen molar-refractivity contribution in [2.45, 2.75) is 32.6 Å². The van der Waals surface area contributed by atoms with E-state index in [1.807, 2.05) is 17.0 Å². The third-order valence-electron chi connectivity index (χ3n) is 5.29. The van der Waals surface area contributed by atoms with E-state index < -0.39 is 0 Å². The number of allylic oxidation sites excluding steroid dienone is 2. The highest BCUT2D eigenvalue weighted by Crippen LogP contribution is 2.28. The van der Waals surface area contributed by atoms with E-state index in [0.29, 0.717) is 16.7 Å². The molecule has 0 spiro atoms. The minimum Gasteiger partial charge on any atom is -0.489 e. The molecule has 0 aromatic heterocycles. The Bertz CT molecular complexity index is 875. The minimum atomic E-state index is -0.357. The van der Waals surface area contributed by atoms with Crippen LogP contribution in [0.15, 0.2) is 46.9 Å². The van der Waals surface area contributed by atoms with Gasteiger partial charge in [-0.15, -0.1) is 0 Å². The number of rotatable bonds is 5. The fourth-order valence-corrected chi connectivity index (χ4v) is 3.70. The Morgan fingerprint density at radius 1 is 1.00 bits per heavy atom. The van der Waals surface area contributed by atoms with Gasteiger partial charge in [0.05, 0.1) is 14.2 Å². The van der Waals surface area contributed by atoms with Gasteiger partial charge in [0.15, 0.2) is 0 Å². The van der Waals surface area contributed by atoms with Gasteiger partial charge in [-0.1, -0.05) is 12.1 Å². The molecule has 0 radical (unpaired) electrons. The molecule has 6 nitrogen and oxygen atoms in total. The lowest BCUT2D eigenvalue weighted by molar-refractivity contribution is -0.121. The van der Waals surface area contributed by atoms with Crippen LogP contribution < -0.4 is 0 Å². The second-order valence-corrected chi connectivity index (χ2v) is 7.06. The van der Waals surface area contributed by atoms with Gasteiger partial charge in [-0.2, -0.15) is 0 Å². The number of hydrogen-bond donors (Lipinski definition) is 0. The highest BCUT2D eigenvalue weighted by Gasteiger charge is 2.34. The van der Waals surface area contributed by atoms with E-state index in [2.05, 4.69) is 0 Å². The molecule has 1 aliphatic heterocycles. The average molecular weight is 383 g/mol. The third kappa shape index (κ3) is 3.72. The summed E-state index contributed by atoms with van der Waals surface area (Å²) in [5.41, 5.74) is 2.11. The Hall–Kier alpha value is -2.89. The van der Waals surface area contributed by atoms with E-state index in [9.17, 15) is 14.4 Å². The van der Waals surface area contributed by atoms with Crippen molar-refractivity contribution in [2.24, 2.45) is 0 Å². The molecule has 0 unspecified atom stereocenters. The Balaban J connectivity index is 1.86. The van der Waals surface area contributed by atoms with E-state index in [-0.39, 0.29) is 35.4 Å². The number of amides is 1. The van der Waals surface area contributed by atoms with E-state index >= 15 is 0 Å². The molecular weight excluding hydrogens is 358 g/mol. The Kier molecular flexibility index (Phi) is 5.97. The fraction of sp³-hybridized carbons (Fsp3) is 0.409. The molecule has 0 N–H and O–H groups in total. The zero-order chi connectivity index (χ0) is 20.3. The molecule has 1 heterocycles. The average Bonchev–Trinajstić information content (AvgIpc) is 2.73.